The van der Waals surface area contributed by atoms with Crippen molar-refractivity contribution in [2.75, 3.05) is 6.16 Å². The molecule has 0 spiro atoms. The van der Waals surface area contributed by atoms with Crippen molar-refractivity contribution in [1.82, 2.24) is 0 Å². The smallest absolute Gasteiger partial charge is 0.150 e. The molecule has 1 atom stereocenters. The first-order chi connectivity index (χ1) is 19.6. The van der Waals surface area contributed by atoms with Crippen molar-refractivity contribution in [3.63, 3.8) is 0 Å². The minimum atomic E-state index is -3.37. The van der Waals surface area contributed by atoms with E-state index in [4.69, 9.17) is 0 Å². The number of hydrogen-bond donors (Lipinski definition) is 0. The van der Waals surface area contributed by atoms with Crippen molar-refractivity contribution in [2.24, 2.45) is 0 Å². The minimum absolute atomic E-state index is 0.232. The molecule has 1 unspecified atom stereocenters. The van der Waals surface area contributed by atoms with Crippen LogP contribution in [0.15, 0.2) is 164 Å². The first-order valence-electron chi connectivity index (χ1n) is 13.5. The van der Waals surface area contributed by atoms with Crippen molar-refractivity contribution in [3.8, 4) is 0 Å². The summed E-state index contributed by atoms with van der Waals surface area (Å²) in [6.07, 6.45) is 0.232. The molecule has 0 N–H and O–H groups in total. The van der Waals surface area contributed by atoms with E-state index in [0.29, 0.717) is 0 Å². The van der Waals surface area contributed by atoms with Gasteiger partial charge in [-0.2, -0.15) is 0 Å². The van der Waals surface area contributed by atoms with Crippen LogP contribution in [0.1, 0.15) is 11.2 Å². The van der Waals surface area contributed by atoms with Crippen LogP contribution < -0.4 is 21.2 Å². The molecular weight excluding hydrogens is 526 g/mol. The lowest BCUT2D eigenvalue weighted by atomic mass is 10.0. The molecule has 0 aliphatic heterocycles. The predicted octanol–water partition coefficient (Wildman–Crippen LogP) is 7.91. The molecule has 6 aromatic rings. The highest BCUT2D eigenvalue weighted by atomic mass is 31.2. The van der Waals surface area contributed by atoms with Crippen molar-refractivity contribution >= 4 is 46.3 Å². The molecule has 0 aliphatic rings. The average Bonchev–Trinajstić information content (AvgIpc) is 3.04. The first-order valence-corrected chi connectivity index (χ1v) is 17.2. The van der Waals surface area contributed by atoms with Crippen LogP contribution in [0.4, 0.5) is 0 Å². The lowest BCUT2D eigenvalue weighted by Gasteiger charge is -2.33. The normalized spacial score (nSPS) is 12.7. The van der Waals surface area contributed by atoms with Gasteiger partial charge in [0.25, 0.3) is 0 Å². The SMILES string of the molecule is O=P(CC(c1cccc2ccccc12)P(=O)(c1ccccc1)c1ccccc1)(c1ccccc1)c1ccccc1. The molecular formula is C36H30O2P2. The molecule has 6 aromatic carbocycles. The summed E-state index contributed by atoms with van der Waals surface area (Å²) in [6.45, 7) is 0. The maximum Gasteiger partial charge on any atom is 0.150 e. The molecule has 0 aromatic heterocycles. The zero-order chi connectivity index (χ0) is 27.4. The van der Waals surface area contributed by atoms with Gasteiger partial charge in [-0.05, 0) is 16.3 Å². The molecule has 0 bridgehead atoms. The summed E-state index contributed by atoms with van der Waals surface area (Å²) in [5, 5.41) is 5.21. The Morgan fingerprint density at radius 2 is 0.825 bits per heavy atom. The second-order valence-corrected chi connectivity index (χ2v) is 15.9. The highest BCUT2D eigenvalue weighted by Gasteiger charge is 2.43. The number of benzene rings is 6. The van der Waals surface area contributed by atoms with Gasteiger partial charge in [-0.3, -0.25) is 0 Å². The highest BCUT2D eigenvalue weighted by Crippen LogP contribution is 2.63. The van der Waals surface area contributed by atoms with Crippen molar-refractivity contribution in [3.05, 3.63) is 169 Å². The molecule has 196 valence electrons. The fourth-order valence-electron chi connectivity index (χ4n) is 5.70. The Morgan fingerprint density at radius 1 is 0.425 bits per heavy atom. The summed E-state index contributed by atoms with van der Waals surface area (Å²) in [4.78, 5) is 0. The number of hydrogen-bond acceptors (Lipinski definition) is 2. The van der Waals surface area contributed by atoms with Gasteiger partial charge in [-0.1, -0.05) is 164 Å². The summed E-state index contributed by atoms with van der Waals surface area (Å²) in [7, 11) is -6.60. The number of rotatable bonds is 8. The Bertz CT molecular complexity index is 1730. The minimum Gasteiger partial charge on any atom is -0.314 e. The van der Waals surface area contributed by atoms with Gasteiger partial charge in [-0.15, -0.1) is 0 Å². The van der Waals surface area contributed by atoms with Crippen LogP contribution in [0.3, 0.4) is 0 Å². The Labute approximate surface area is 236 Å². The molecule has 0 amide bonds. The molecule has 0 saturated carbocycles. The molecule has 0 fully saturated rings. The summed E-state index contributed by atoms with van der Waals surface area (Å²) in [5.74, 6) is 0. The van der Waals surface area contributed by atoms with E-state index in [1.807, 2.05) is 140 Å². The van der Waals surface area contributed by atoms with Gasteiger partial charge < -0.3 is 9.13 Å². The van der Waals surface area contributed by atoms with Crippen LogP contribution in [0, 0.1) is 0 Å². The Hall–Kier alpha value is -3.96. The number of fused-ring (bicyclic) bond motifs is 1. The van der Waals surface area contributed by atoms with Crippen molar-refractivity contribution in [2.45, 2.75) is 5.66 Å². The highest BCUT2D eigenvalue weighted by molar-refractivity contribution is 7.82. The second kappa shape index (κ2) is 11.3. The Kier molecular flexibility index (Phi) is 7.40. The van der Waals surface area contributed by atoms with Gasteiger partial charge in [0, 0.05) is 27.4 Å². The summed E-state index contributed by atoms with van der Waals surface area (Å²) in [5.41, 5.74) is 0.427. The third kappa shape index (κ3) is 4.79. The maximum atomic E-state index is 16.0. The van der Waals surface area contributed by atoms with Gasteiger partial charge in [0.05, 0.1) is 5.66 Å². The molecule has 6 rings (SSSR count). The fourth-order valence-corrected chi connectivity index (χ4v) is 12.9. The maximum absolute atomic E-state index is 16.0. The Balaban J connectivity index is 1.68. The van der Waals surface area contributed by atoms with Crippen LogP contribution in [-0.2, 0) is 9.13 Å². The van der Waals surface area contributed by atoms with Crippen LogP contribution in [0.25, 0.3) is 10.8 Å². The molecule has 0 saturated heterocycles. The molecule has 4 heteroatoms. The third-order valence-electron chi connectivity index (χ3n) is 7.68. The first kappa shape index (κ1) is 26.3. The predicted molar refractivity (Wildman–Crippen MR) is 171 cm³/mol. The van der Waals surface area contributed by atoms with E-state index < -0.39 is 19.9 Å². The van der Waals surface area contributed by atoms with Crippen molar-refractivity contribution < 1.29 is 9.13 Å². The molecule has 2 nitrogen and oxygen atoms in total. The van der Waals surface area contributed by atoms with E-state index in [9.17, 15) is 0 Å². The van der Waals surface area contributed by atoms with Crippen LogP contribution >= 0.6 is 14.3 Å². The lowest BCUT2D eigenvalue weighted by Crippen LogP contribution is -2.27. The third-order valence-corrected chi connectivity index (χ3v) is 14.6. The largest absolute Gasteiger partial charge is 0.314 e. The average molecular weight is 557 g/mol. The van der Waals surface area contributed by atoms with Crippen LogP contribution in [-0.4, -0.2) is 6.16 Å². The van der Waals surface area contributed by atoms with Gasteiger partial charge in [0.2, 0.25) is 0 Å². The van der Waals surface area contributed by atoms with E-state index in [0.717, 1.165) is 37.6 Å². The summed E-state index contributed by atoms with van der Waals surface area (Å²) < 4.78 is 31.5. The monoisotopic (exact) mass is 556 g/mol. The zero-order valence-electron chi connectivity index (χ0n) is 22.1. The van der Waals surface area contributed by atoms with Gasteiger partial charge in [0.1, 0.15) is 7.14 Å². The molecule has 0 radical (unpaired) electrons. The van der Waals surface area contributed by atoms with E-state index in [2.05, 4.69) is 24.3 Å². The standard InChI is InChI=1S/C36H30O2P2/c37-39(30-18-5-1-6-19-30,31-20-7-2-8-21-31)28-36(35-27-15-17-29-16-13-14-26-34(29)35)40(38,32-22-9-3-10-23-32)33-24-11-4-12-25-33/h1-27,36H,28H2. The zero-order valence-corrected chi connectivity index (χ0v) is 23.9. The van der Waals surface area contributed by atoms with Crippen LogP contribution in [0.5, 0.6) is 0 Å². The summed E-state index contributed by atoms with van der Waals surface area (Å²) in [6, 6.07) is 53.3. The quantitative estimate of drug-likeness (QED) is 0.179. The fraction of sp³-hybridized carbons (Fsp3) is 0.0556. The van der Waals surface area contributed by atoms with Gasteiger partial charge in [0.15, 0.2) is 7.14 Å². The van der Waals surface area contributed by atoms with E-state index in [-0.39, 0.29) is 6.16 Å². The van der Waals surface area contributed by atoms with E-state index in [1.165, 1.54) is 0 Å². The van der Waals surface area contributed by atoms with E-state index >= 15 is 9.13 Å². The van der Waals surface area contributed by atoms with Crippen molar-refractivity contribution in [1.29, 1.82) is 0 Å². The van der Waals surface area contributed by atoms with Gasteiger partial charge >= 0.3 is 0 Å². The van der Waals surface area contributed by atoms with E-state index in [1.54, 1.807) is 0 Å². The van der Waals surface area contributed by atoms with Gasteiger partial charge in [-0.25, -0.2) is 0 Å². The lowest BCUT2D eigenvalue weighted by molar-refractivity contribution is 0.574. The summed E-state index contributed by atoms with van der Waals surface area (Å²) >= 11 is 0. The van der Waals surface area contributed by atoms with Crippen LogP contribution in [0.2, 0.25) is 0 Å². The molecule has 0 heterocycles. The Morgan fingerprint density at radius 3 is 1.32 bits per heavy atom. The second-order valence-electron chi connectivity index (χ2n) is 10.0. The molecule has 0 aliphatic carbocycles. The topological polar surface area (TPSA) is 34.1 Å². The molecule has 40 heavy (non-hydrogen) atoms.